The average Bonchev–Trinajstić information content (AvgIpc) is 3.28. The number of hydrogen-bond acceptors (Lipinski definition) is 5. The van der Waals surface area contributed by atoms with Crippen molar-refractivity contribution in [2.75, 3.05) is 19.7 Å². The highest BCUT2D eigenvalue weighted by atomic mass is 16.5. The van der Waals surface area contributed by atoms with Crippen molar-refractivity contribution in [1.82, 2.24) is 14.7 Å². The molecule has 0 N–H and O–H groups in total. The monoisotopic (exact) mass is 377 g/mol. The summed E-state index contributed by atoms with van der Waals surface area (Å²) in [7, 11) is 0. The van der Waals surface area contributed by atoms with E-state index in [2.05, 4.69) is 5.10 Å². The van der Waals surface area contributed by atoms with Gasteiger partial charge in [-0.1, -0.05) is 36.4 Å². The highest BCUT2D eigenvalue weighted by molar-refractivity contribution is 6.02. The Bertz CT molecular complexity index is 1090. The number of carbonyl (C=O) groups is 2. The number of ether oxygens (including phenoxy) is 1. The maximum absolute atomic E-state index is 12.8. The van der Waals surface area contributed by atoms with Crippen LogP contribution in [0.25, 0.3) is 16.5 Å². The summed E-state index contributed by atoms with van der Waals surface area (Å²) in [5.74, 6) is -0.944. The Morgan fingerprint density at radius 3 is 2.29 bits per heavy atom. The molecule has 7 heteroatoms. The van der Waals surface area contributed by atoms with Gasteiger partial charge >= 0.3 is 5.97 Å². The molecule has 1 amide bonds. The van der Waals surface area contributed by atoms with Gasteiger partial charge in [-0.15, -0.1) is 0 Å². The normalized spacial score (nSPS) is 13.6. The SMILES string of the molecule is O=C(OCC(=O)N1CCCC1)c1nn(-c2ccccc2)c(=O)c2ccccc12. The number of benzene rings is 2. The maximum atomic E-state index is 12.8. The molecule has 0 atom stereocenters. The Balaban J connectivity index is 1.69. The number of carbonyl (C=O) groups excluding carboxylic acids is 2. The molecule has 28 heavy (non-hydrogen) atoms. The minimum atomic E-state index is -0.728. The van der Waals surface area contributed by atoms with E-state index in [1.54, 1.807) is 53.4 Å². The molecule has 0 saturated carbocycles. The van der Waals surface area contributed by atoms with E-state index in [0.29, 0.717) is 29.5 Å². The van der Waals surface area contributed by atoms with Crippen molar-refractivity contribution in [3.63, 3.8) is 0 Å². The van der Waals surface area contributed by atoms with Gasteiger partial charge in [0.2, 0.25) is 0 Å². The van der Waals surface area contributed by atoms with Crippen LogP contribution in [0.2, 0.25) is 0 Å². The van der Waals surface area contributed by atoms with Gasteiger partial charge < -0.3 is 9.64 Å². The molecule has 0 unspecified atom stereocenters. The summed E-state index contributed by atoms with van der Waals surface area (Å²) in [5, 5.41) is 5.01. The first-order valence-corrected chi connectivity index (χ1v) is 9.17. The quantitative estimate of drug-likeness (QED) is 0.651. The zero-order valence-electron chi connectivity index (χ0n) is 15.2. The first-order valence-electron chi connectivity index (χ1n) is 9.17. The van der Waals surface area contributed by atoms with Crippen molar-refractivity contribution >= 4 is 22.6 Å². The molecule has 0 spiro atoms. The molecule has 1 aliphatic heterocycles. The molecule has 1 fully saturated rings. The standard InChI is InChI=1S/C21H19N3O4/c25-18(23-12-6-7-13-23)14-28-21(27)19-16-10-4-5-11-17(16)20(26)24(22-19)15-8-2-1-3-9-15/h1-5,8-11H,6-7,12-14H2. The number of aromatic nitrogens is 2. The highest BCUT2D eigenvalue weighted by Crippen LogP contribution is 2.16. The first kappa shape index (κ1) is 17.9. The van der Waals surface area contributed by atoms with Gasteiger partial charge in [0.25, 0.3) is 11.5 Å². The second-order valence-electron chi connectivity index (χ2n) is 6.61. The van der Waals surface area contributed by atoms with Gasteiger partial charge in [-0.2, -0.15) is 9.78 Å². The molecule has 2 aromatic carbocycles. The Morgan fingerprint density at radius 1 is 0.929 bits per heavy atom. The van der Waals surface area contributed by atoms with Crippen LogP contribution in [0, 0.1) is 0 Å². The van der Waals surface area contributed by atoms with Crippen molar-refractivity contribution < 1.29 is 14.3 Å². The van der Waals surface area contributed by atoms with Crippen LogP contribution < -0.4 is 5.56 Å². The van der Waals surface area contributed by atoms with E-state index in [-0.39, 0.29) is 23.8 Å². The summed E-state index contributed by atoms with van der Waals surface area (Å²) in [6.45, 7) is 1.05. The molecular weight excluding hydrogens is 358 g/mol. The third-order valence-corrected chi connectivity index (χ3v) is 4.78. The van der Waals surface area contributed by atoms with E-state index >= 15 is 0 Å². The number of para-hydroxylation sites is 1. The van der Waals surface area contributed by atoms with E-state index in [0.717, 1.165) is 12.8 Å². The summed E-state index contributed by atoms with van der Waals surface area (Å²) in [6, 6.07) is 15.6. The third kappa shape index (κ3) is 3.38. The molecule has 0 radical (unpaired) electrons. The number of esters is 1. The molecule has 142 valence electrons. The Kier molecular flexibility index (Phi) is 4.89. The predicted octanol–water partition coefficient (Wildman–Crippen LogP) is 2.16. The van der Waals surface area contributed by atoms with Gasteiger partial charge in [-0.3, -0.25) is 9.59 Å². The summed E-state index contributed by atoms with van der Waals surface area (Å²) < 4.78 is 6.41. The lowest BCUT2D eigenvalue weighted by Crippen LogP contribution is -2.32. The van der Waals surface area contributed by atoms with Crippen LogP contribution in [0.5, 0.6) is 0 Å². The smallest absolute Gasteiger partial charge is 0.359 e. The number of rotatable bonds is 4. The zero-order chi connectivity index (χ0) is 19.5. The lowest BCUT2D eigenvalue weighted by molar-refractivity contribution is -0.133. The lowest BCUT2D eigenvalue weighted by Gasteiger charge is -2.15. The molecular formula is C21H19N3O4. The fourth-order valence-corrected chi connectivity index (χ4v) is 3.34. The number of nitrogens with zero attached hydrogens (tertiary/aromatic N) is 3. The summed E-state index contributed by atoms with van der Waals surface area (Å²) in [4.78, 5) is 39.4. The zero-order valence-corrected chi connectivity index (χ0v) is 15.2. The fraction of sp³-hybridized carbons (Fsp3) is 0.238. The summed E-state index contributed by atoms with van der Waals surface area (Å²) in [6.07, 6.45) is 1.93. The number of amides is 1. The summed E-state index contributed by atoms with van der Waals surface area (Å²) >= 11 is 0. The minimum absolute atomic E-state index is 0.00766. The van der Waals surface area contributed by atoms with Gasteiger partial charge in [0.1, 0.15) is 0 Å². The second-order valence-corrected chi connectivity index (χ2v) is 6.61. The van der Waals surface area contributed by atoms with E-state index in [4.69, 9.17) is 4.74 Å². The predicted molar refractivity (Wildman–Crippen MR) is 103 cm³/mol. The molecule has 3 aromatic rings. The van der Waals surface area contributed by atoms with E-state index in [1.807, 2.05) is 6.07 Å². The fourth-order valence-electron chi connectivity index (χ4n) is 3.34. The van der Waals surface area contributed by atoms with E-state index in [1.165, 1.54) is 4.68 Å². The molecule has 1 saturated heterocycles. The van der Waals surface area contributed by atoms with Crippen LogP contribution in [0.1, 0.15) is 23.3 Å². The van der Waals surface area contributed by atoms with E-state index in [9.17, 15) is 14.4 Å². The number of likely N-dealkylation sites (tertiary alicyclic amines) is 1. The van der Waals surface area contributed by atoms with Crippen LogP contribution >= 0.6 is 0 Å². The first-order chi connectivity index (χ1) is 13.6. The van der Waals surface area contributed by atoms with Crippen LogP contribution in [0.3, 0.4) is 0 Å². The molecule has 1 aromatic heterocycles. The van der Waals surface area contributed by atoms with Crippen LogP contribution in [0.4, 0.5) is 0 Å². The van der Waals surface area contributed by atoms with Crippen molar-refractivity contribution in [1.29, 1.82) is 0 Å². The molecule has 1 aliphatic rings. The van der Waals surface area contributed by atoms with Gasteiger partial charge in [0.15, 0.2) is 12.3 Å². The Hall–Kier alpha value is -3.48. The Labute approximate surface area is 161 Å². The molecule has 2 heterocycles. The Morgan fingerprint density at radius 2 is 1.57 bits per heavy atom. The van der Waals surface area contributed by atoms with Crippen molar-refractivity contribution in [2.45, 2.75) is 12.8 Å². The number of fused-ring (bicyclic) bond motifs is 1. The second kappa shape index (κ2) is 7.64. The van der Waals surface area contributed by atoms with Crippen molar-refractivity contribution in [3.05, 3.63) is 70.6 Å². The summed E-state index contributed by atoms with van der Waals surface area (Å²) in [5.41, 5.74) is 0.222. The van der Waals surface area contributed by atoms with E-state index < -0.39 is 5.97 Å². The topological polar surface area (TPSA) is 81.5 Å². The van der Waals surface area contributed by atoms with Crippen LogP contribution in [0.15, 0.2) is 59.4 Å². The molecule has 4 rings (SSSR count). The largest absolute Gasteiger partial charge is 0.451 e. The maximum Gasteiger partial charge on any atom is 0.359 e. The van der Waals surface area contributed by atoms with Crippen molar-refractivity contribution in [3.8, 4) is 5.69 Å². The number of hydrogen-bond donors (Lipinski definition) is 0. The van der Waals surface area contributed by atoms with Crippen LogP contribution in [-0.2, 0) is 9.53 Å². The van der Waals surface area contributed by atoms with Gasteiger partial charge in [0.05, 0.1) is 11.1 Å². The average molecular weight is 377 g/mol. The van der Waals surface area contributed by atoms with Crippen LogP contribution in [-0.4, -0.2) is 46.3 Å². The molecule has 0 aliphatic carbocycles. The van der Waals surface area contributed by atoms with Crippen molar-refractivity contribution in [2.24, 2.45) is 0 Å². The minimum Gasteiger partial charge on any atom is -0.451 e. The lowest BCUT2D eigenvalue weighted by atomic mass is 10.1. The van der Waals surface area contributed by atoms with Gasteiger partial charge in [-0.05, 0) is 31.0 Å². The van der Waals surface area contributed by atoms with Gasteiger partial charge in [-0.25, -0.2) is 4.79 Å². The third-order valence-electron chi connectivity index (χ3n) is 4.78. The molecule has 7 nitrogen and oxygen atoms in total. The molecule has 0 bridgehead atoms. The highest BCUT2D eigenvalue weighted by Gasteiger charge is 2.22. The van der Waals surface area contributed by atoms with Gasteiger partial charge in [0, 0.05) is 18.5 Å².